The summed E-state index contributed by atoms with van der Waals surface area (Å²) in [6.45, 7) is 2.02. The van der Waals surface area contributed by atoms with Crippen LogP contribution in [0.4, 0.5) is 0 Å². The van der Waals surface area contributed by atoms with Gasteiger partial charge in [0.2, 0.25) is 0 Å². The first kappa shape index (κ1) is 24.3. The van der Waals surface area contributed by atoms with Crippen LogP contribution in [-0.2, 0) is 9.53 Å². The molecule has 0 aromatic rings. The topological polar surface area (TPSA) is 107 Å². The van der Waals surface area contributed by atoms with Crippen LogP contribution in [0.3, 0.4) is 0 Å². The Balaban J connectivity index is 2.32. The fourth-order valence-corrected chi connectivity index (χ4v) is 2.87. The number of aliphatic hydroxyl groups is 3. The molecule has 0 unspecified atom stereocenters. The normalized spacial score (nSPS) is 25.5. The monoisotopic (exact) mass is 394 g/mol. The molecule has 1 heterocycles. The van der Waals surface area contributed by atoms with Gasteiger partial charge in [0.15, 0.2) is 0 Å². The highest BCUT2D eigenvalue weighted by atomic mass is 16.5. The third-order valence-electron chi connectivity index (χ3n) is 4.44. The lowest BCUT2D eigenvalue weighted by Crippen LogP contribution is -2.24. The van der Waals surface area contributed by atoms with Gasteiger partial charge in [-0.3, -0.25) is 4.79 Å². The van der Waals surface area contributed by atoms with Crippen molar-refractivity contribution in [2.24, 2.45) is 0 Å². The van der Waals surface area contributed by atoms with E-state index in [9.17, 15) is 20.1 Å². The summed E-state index contributed by atoms with van der Waals surface area (Å²) in [4.78, 5) is 10.4. The van der Waals surface area contributed by atoms with Crippen molar-refractivity contribution in [1.82, 2.24) is 0 Å². The number of hydrogen-bond donors (Lipinski definition) is 4. The number of aliphatic hydroxyl groups excluding tert-OH is 3. The highest BCUT2D eigenvalue weighted by Gasteiger charge is 2.36. The molecule has 1 rings (SSSR count). The van der Waals surface area contributed by atoms with Crippen molar-refractivity contribution in [3.05, 3.63) is 48.6 Å². The van der Waals surface area contributed by atoms with Crippen LogP contribution in [0.25, 0.3) is 0 Å². The minimum absolute atomic E-state index is 0.132. The molecule has 28 heavy (non-hydrogen) atoms. The molecule has 1 saturated heterocycles. The molecule has 0 aromatic carbocycles. The molecule has 0 saturated carbocycles. The van der Waals surface area contributed by atoms with Gasteiger partial charge in [0.1, 0.15) is 0 Å². The van der Waals surface area contributed by atoms with Gasteiger partial charge in [0.05, 0.1) is 30.5 Å². The fraction of sp³-hybridized carbons (Fsp3) is 0.591. The Hall–Kier alpha value is -1.73. The molecule has 0 aliphatic carbocycles. The van der Waals surface area contributed by atoms with Crippen LogP contribution in [0, 0.1) is 0 Å². The zero-order valence-corrected chi connectivity index (χ0v) is 16.6. The standard InChI is InChI=1S/C22H34O6/c1-2-3-8-11-17(23)14-15-18(24)21-16-19(25)20(28-21)12-9-6-4-5-7-10-13-22(26)27/h3,5-9,14-15,17-21,23-25H,2,4,10-13,16H2,1H3,(H,26,27)/b7-5-,8-3-,9-6-,15-14+/t17-,18-,19+,20-,21-/m0/s1. The summed E-state index contributed by atoms with van der Waals surface area (Å²) in [5.41, 5.74) is 0. The predicted octanol–water partition coefficient (Wildman–Crippen LogP) is 2.90. The Morgan fingerprint density at radius 3 is 2.57 bits per heavy atom. The smallest absolute Gasteiger partial charge is 0.303 e. The number of carboxylic acid groups (broad SMARTS) is 1. The average Bonchev–Trinajstić information content (AvgIpc) is 3.02. The second-order valence-corrected chi connectivity index (χ2v) is 6.92. The number of rotatable bonds is 13. The molecule has 0 aromatic heterocycles. The van der Waals surface area contributed by atoms with Gasteiger partial charge in [-0.1, -0.05) is 55.5 Å². The highest BCUT2D eigenvalue weighted by Crippen LogP contribution is 2.26. The number of hydrogen-bond acceptors (Lipinski definition) is 5. The molecule has 0 bridgehead atoms. The van der Waals surface area contributed by atoms with E-state index in [0.29, 0.717) is 32.1 Å². The number of allylic oxidation sites excluding steroid dienone is 4. The summed E-state index contributed by atoms with van der Waals surface area (Å²) in [6.07, 6.45) is 15.2. The zero-order valence-electron chi connectivity index (χ0n) is 16.6. The van der Waals surface area contributed by atoms with Crippen molar-refractivity contribution in [3.63, 3.8) is 0 Å². The van der Waals surface area contributed by atoms with Crippen molar-refractivity contribution in [2.45, 2.75) is 82.4 Å². The van der Waals surface area contributed by atoms with E-state index in [1.165, 1.54) is 6.08 Å². The molecule has 158 valence electrons. The van der Waals surface area contributed by atoms with Gasteiger partial charge in [0.25, 0.3) is 0 Å². The highest BCUT2D eigenvalue weighted by molar-refractivity contribution is 5.66. The molecule has 6 heteroatoms. The Kier molecular flexibility index (Phi) is 12.4. The van der Waals surface area contributed by atoms with Gasteiger partial charge in [-0.05, 0) is 32.1 Å². The fourth-order valence-electron chi connectivity index (χ4n) is 2.87. The summed E-state index contributed by atoms with van der Waals surface area (Å²) in [5.74, 6) is -0.804. The third-order valence-corrected chi connectivity index (χ3v) is 4.44. The molecule has 0 spiro atoms. The molecular formula is C22H34O6. The lowest BCUT2D eigenvalue weighted by atomic mass is 10.0. The second-order valence-electron chi connectivity index (χ2n) is 6.92. The maximum absolute atomic E-state index is 10.4. The van der Waals surface area contributed by atoms with E-state index < -0.39 is 30.4 Å². The van der Waals surface area contributed by atoms with Crippen LogP contribution in [0.1, 0.15) is 51.9 Å². The first-order valence-electron chi connectivity index (χ1n) is 9.98. The van der Waals surface area contributed by atoms with Gasteiger partial charge in [-0.2, -0.15) is 0 Å². The quantitative estimate of drug-likeness (QED) is 0.358. The summed E-state index contributed by atoms with van der Waals surface area (Å²) >= 11 is 0. The van der Waals surface area contributed by atoms with Crippen LogP contribution in [0.5, 0.6) is 0 Å². The predicted molar refractivity (Wildman–Crippen MR) is 109 cm³/mol. The number of aliphatic carboxylic acids is 1. The summed E-state index contributed by atoms with van der Waals surface area (Å²) in [5, 5.41) is 38.7. The maximum Gasteiger partial charge on any atom is 0.303 e. The van der Waals surface area contributed by atoms with Crippen molar-refractivity contribution < 1.29 is 30.0 Å². The first-order valence-corrected chi connectivity index (χ1v) is 9.98. The minimum atomic E-state index is -0.870. The van der Waals surface area contributed by atoms with Crippen molar-refractivity contribution in [2.75, 3.05) is 0 Å². The second kappa shape index (κ2) is 14.3. The average molecular weight is 395 g/mol. The van der Waals surface area contributed by atoms with E-state index in [-0.39, 0.29) is 12.5 Å². The van der Waals surface area contributed by atoms with E-state index >= 15 is 0 Å². The van der Waals surface area contributed by atoms with E-state index in [4.69, 9.17) is 9.84 Å². The van der Waals surface area contributed by atoms with Gasteiger partial charge >= 0.3 is 5.97 Å². The summed E-state index contributed by atoms with van der Waals surface area (Å²) < 4.78 is 5.76. The molecule has 1 aliphatic heterocycles. The third kappa shape index (κ3) is 10.6. The Morgan fingerprint density at radius 2 is 1.86 bits per heavy atom. The number of carboxylic acids is 1. The molecule has 6 nitrogen and oxygen atoms in total. The molecule has 0 radical (unpaired) electrons. The van der Waals surface area contributed by atoms with Crippen molar-refractivity contribution in [1.29, 1.82) is 0 Å². The van der Waals surface area contributed by atoms with Gasteiger partial charge < -0.3 is 25.2 Å². The molecule has 1 aliphatic rings. The SMILES string of the molecule is CC/C=C\C[C@H](O)/C=C/[C@H](O)[C@@H]1C[C@@H](O)[C@H](C/C=C\C/C=C\CCC(=O)O)O1. The van der Waals surface area contributed by atoms with E-state index in [0.717, 1.165) is 6.42 Å². The van der Waals surface area contributed by atoms with Crippen LogP contribution < -0.4 is 0 Å². The van der Waals surface area contributed by atoms with Gasteiger partial charge in [-0.15, -0.1) is 0 Å². The summed E-state index contributed by atoms with van der Waals surface area (Å²) in [6, 6.07) is 0. The van der Waals surface area contributed by atoms with Crippen LogP contribution in [-0.4, -0.2) is 56.9 Å². The number of carbonyl (C=O) groups is 1. The Labute approximate surface area is 167 Å². The molecule has 5 atom stereocenters. The van der Waals surface area contributed by atoms with Crippen molar-refractivity contribution in [3.8, 4) is 0 Å². The molecule has 4 N–H and O–H groups in total. The number of ether oxygens (including phenoxy) is 1. The molecule has 0 amide bonds. The van der Waals surface area contributed by atoms with Crippen LogP contribution >= 0.6 is 0 Å². The lowest BCUT2D eigenvalue weighted by Gasteiger charge is -2.16. The summed E-state index contributed by atoms with van der Waals surface area (Å²) in [7, 11) is 0. The van der Waals surface area contributed by atoms with E-state index in [1.807, 2.05) is 43.4 Å². The molecular weight excluding hydrogens is 360 g/mol. The lowest BCUT2D eigenvalue weighted by molar-refractivity contribution is -0.136. The Bertz CT molecular complexity index is 551. The maximum atomic E-state index is 10.4. The van der Waals surface area contributed by atoms with Crippen molar-refractivity contribution >= 4 is 5.97 Å². The van der Waals surface area contributed by atoms with Gasteiger partial charge in [-0.25, -0.2) is 0 Å². The van der Waals surface area contributed by atoms with Crippen LogP contribution in [0.15, 0.2) is 48.6 Å². The van der Waals surface area contributed by atoms with Gasteiger partial charge in [0, 0.05) is 12.8 Å². The van der Waals surface area contributed by atoms with E-state index in [2.05, 4.69) is 0 Å². The largest absolute Gasteiger partial charge is 0.481 e. The Morgan fingerprint density at radius 1 is 1.11 bits per heavy atom. The first-order chi connectivity index (χ1) is 13.4. The minimum Gasteiger partial charge on any atom is -0.481 e. The zero-order chi connectivity index (χ0) is 20.8. The van der Waals surface area contributed by atoms with E-state index in [1.54, 1.807) is 6.08 Å². The van der Waals surface area contributed by atoms with Crippen LogP contribution in [0.2, 0.25) is 0 Å². The molecule has 1 fully saturated rings.